The van der Waals surface area contributed by atoms with Gasteiger partial charge in [-0.1, -0.05) is 13.8 Å². The van der Waals surface area contributed by atoms with Gasteiger partial charge in [0.25, 0.3) is 0 Å². The van der Waals surface area contributed by atoms with Gasteiger partial charge in [0.15, 0.2) is 5.79 Å². The molecule has 1 saturated carbocycles. The molecule has 4 nitrogen and oxygen atoms in total. The van der Waals surface area contributed by atoms with E-state index in [-0.39, 0.29) is 11.9 Å². The van der Waals surface area contributed by atoms with Crippen LogP contribution in [0.2, 0.25) is 0 Å². The summed E-state index contributed by atoms with van der Waals surface area (Å²) >= 11 is 0. The van der Waals surface area contributed by atoms with Crippen molar-refractivity contribution in [2.45, 2.75) is 63.9 Å². The van der Waals surface area contributed by atoms with Crippen molar-refractivity contribution in [3.05, 3.63) is 0 Å². The largest absolute Gasteiger partial charge is 0.376 e. The van der Waals surface area contributed by atoms with Gasteiger partial charge >= 0.3 is 0 Å². The summed E-state index contributed by atoms with van der Waals surface area (Å²) in [5.74, 6) is -0.344. The summed E-state index contributed by atoms with van der Waals surface area (Å²) in [6.45, 7) is 7.69. The molecule has 1 aliphatic carbocycles. The monoisotopic (exact) mass is 257 g/mol. The normalized spacial score (nSPS) is 31.0. The SMILES string of the molecule is CCCNC1CCC2(CC1OCCC)OCCO2. The lowest BCUT2D eigenvalue weighted by atomic mass is 9.87. The van der Waals surface area contributed by atoms with Crippen LogP contribution in [0.1, 0.15) is 46.0 Å². The van der Waals surface area contributed by atoms with Gasteiger partial charge in [0.1, 0.15) is 0 Å². The van der Waals surface area contributed by atoms with Gasteiger partial charge in [-0.25, -0.2) is 0 Å². The van der Waals surface area contributed by atoms with E-state index >= 15 is 0 Å². The standard InChI is InChI=1S/C14H27NO3/c1-3-7-15-12-5-6-14(17-9-10-18-14)11-13(12)16-8-4-2/h12-13,15H,3-11H2,1-2H3. The molecule has 2 fully saturated rings. The Kier molecular flexibility index (Phi) is 5.42. The molecule has 106 valence electrons. The van der Waals surface area contributed by atoms with E-state index in [0.717, 1.165) is 58.5 Å². The lowest BCUT2D eigenvalue weighted by Gasteiger charge is -2.41. The highest BCUT2D eigenvalue weighted by Crippen LogP contribution is 2.37. The Balaban J connectivity index is 1.91. The first-order chi connectivity index (χ1) is 8.79. The quantitative estimate of drug-likeness (QED) is 0.791. The van der Waals surface area contributed by atoms with E-state index in [4.69, 9.17) is 14.2 Å². The molecule has 1 saturated heterocycles. The summed E-state index contributed by atoms with van der Waals surface area (Å²) in [6.07, 6.45) is 5.38. The minimum absolute atomic E-state index is 0.225. The van der Waals surface area contributed by atoms with Gasteiger partial charge in [-0.2, -0.15) is 0 Å². The smallest absolute Gasteiger partial charge is 0.171 e. The minimum atomic E-state index is -0.344. The highest BCUT2D eigenvalue weighted by Gasteiger charge is 2.45. The first-order valence-electron chi connectivity index (χ1n) is 7.42. The summed E-state index contributed by atoms with van der Waals surface area (Å²) in [4.78, 5) is 0. The fraction of sp³-hybridized carbons (Fsp3) is 1.00. The Bertz CT molecular complexity index is 241. The third-order valence-corrected chi connectivity index (χ3v) is 3.80. The molecule has 2 rings (SSSR count). The Labute approximate surface area is 110 Å². The fourth-order valence-corrected chi connectivity index (χ4v) is 2.88. The first-order valence-corrected chi connectivity index (χ1v) is 7.42. The average molecular weight is 257 g/mol. The van der Waals surface area contributed by atoms with Crippen LogP contribution in [-0.2, 0) is 14.2 Å². The minimum Gasteiger partial charge on any atom is -0.376 e. The Morgan fingerprint density at radius 2 is 2.00 bits per heavy atom. The van der Waals surface area contributed by atoms with Crippen LogP contribution in [0, 0.1) is 0 Å². The van der Waals surface area contributed by atoms with E-state index in [2.05, 4.69) is 19.2 Å². The van der Waals surface area contributed by atoms with E-state index in [1.165, 1.54) is 0 Å². The zero-order valence-corrected chi connectivity index (χ0v) is 11.7. The van der Waals surface area contributed by atoms with Crippen molar-refractivity contribution in [1.29, 1.82) is 0 Å². The lowest BCUT2D eigenvalue weighted by Crippen LogP contribution is -2.52. The topological polar surface area (TPSA) is 39.7 Å². The van der Waals surface area contributed by atoms with Crippen LogP contribution in [0.4, 0.5) is 0 Å². The van der Waals surface area contributed by atoms with Crippen LogP contribution < -0.4 is 5.32 Å². The van der Waals surface area contributed by atoms with Crippen molar-refractivity contribution in [1.82, 2.24) is 5.32 Å². The maximum atomic E-state index is 6.01. The van der Waals surface area contributed by atoms with E-state index < -0.39 is 0 Å². The van der Waals surface area contributed by atoms with Crippen LogP contribution in [0.3, 0.4) is 0 Å². The summed E-state index contributed by atoms with van der Waals surface area (Å²) in [7, 11) is 0. The summed E-state index contributed by atoms with van der Waals surface area (Å²) in [6, 6.07) is 0.454. The Hall–Kier alpha value is -0.160. The van der Waals surface area contributed by atoms with Crippen LogP contribution in [-0.4, -0.2) is 44.3 Å². The van der Waals surface area contributed by atoms with Gasteiger partial charge < -0.3 is 19.5 Å². The third kappa shape index (κ3) is 3.44. The lowest BCUT2D eigenvalue weighted by molar-refractivity contribution is -0.207. The van der Waals surface area contributed by atoms with Crippen molar-refractivity contribution in [2.24, 2.45) is 0 Å². The molecule has 2 aliphatic rings. The zero-order chi connectivity index (χ0) is 12.8. The zero-order valence-electron chi connectivity index (χ0n) is 11.7. The van der Waals surface area contributed by atoms with Crippen molar-refractivity contribution in [3.8, 4) is 0 Å². The van der Waals surface area contributed by atoms with Gasteiger partial charge in [0, 0.05) is 25.5 Å². The molecule has 0 radical (unpaired) electrons. The number of hydrogen-bond donors (Lipinski definition) is 1. The molecule has 18 heavy (non-hydrogen) atoms. The Morgan fingerprint density at radius 3 is 2.67 bits per heavy atom. The molecular formula is C14H27NO3. The average Bonchev–Trinajstić information content (AvgIpc) is 2.83. The second-order valence-electron chi connectivity index (χ2n) is 5.32. The van der Waals surface area contributed by atoms with Crippen molar-refractivity contribution >= 4 is 0 Å². The first kappa shape index (κ1) is 14.3. The molecule has 0 aromatic heterocycles. The molecule has 1 spiro atoms. The van der Waals surface area contributed by atoms with Gasteiger partial charge in [-0.15, -0.1) is 0 Å². The van der Waals surface area contributed by atoms with Crippen molar-refractivity contribution in [3.63, 3.8) is 0 Å². The number of rotatable bonds is 6. The second kappa shape index (κ2) is 6.85. The van der Waals surface area contributed by atoms with Gasteiger partial charge in [0.05, 0.1) is 19.3 Å². The molecule has 0 bridgehead atoms. The molecule has 1 aliphatic heterocycles. The molecule has 1 heterocycles. The molecule has 4 heteroatoms. The molecule has 0 aromatic carbocycles. The summed E-state index contributed by atoms with van der Waals surface area (Å²) < 4.78 is 17.6. The second-order valence-corrected chi connectivity index (χ2v) is 5.32. The van der Waals surface area contributed by atoms with Gasteiger partial charge in [0.2, 0.25) is 0 Å². The number of hydrogen-bond acceptors (Lipinski definition) is 4. The predicted octanol–water partition coefficient (Wildman–Crippen LogP) is 2.08. The molecule has 0 amide bonds. The van der Waals surface area contributed by atoms with E-state index in [0.29, 0.717) is 6.04 Å². The van der Waals surface area contributed by atoms with Gasteiger partial charge in [-0.05, 0) is 25.8 Å². The van der Waals surface area contributed by atoms with Crippen molar-refractivity contribution < 1.29 is 14.2 Å². The van der Waals surface area contributed by atoms with E-state index in [1.807, 2.05) is 0 Å². The predicted molar refractivity (Wildman–Crippen MR) is 70.6 cm³/mol. The summed E-state index contributed by atoms with van der Waals surface area (Å²) in [5.41, 5.74) is 0. The molecule has 0 aromatic rings. The molecule has 2 unspecified atom stereocenters. The fourth-order valence-electron chi connectivity index (χ4n) is 2.88. The third-order valence-electron chi connectivity index (χ3n) is 3.80. The summed E-state index contributed by atoms with van der Waals surface area (Å²) in [5, 5.41) is 3.60. The maximum absolute atomic E-state index is 6.01. The maximum Gasteiger partial charge on any atom is 0.171 e. The van der Waals surface area contributed by atoms with Crippen LogP contribution in [0.5, 0.6) is 0 Å². The number of nitrogens with one attached hydrogen (secondary N) is 1. The van der Waals surface area contributed by atoms with Crippen LogP contribution in [0.15, 0.2) is 0 Å². The molecule has 2 atom stereocenters. The van der Waals surface area contributed by atoms with Gasteiger partial charge in [-0.3, -0.25) is 0 Å². The molecule has 1 N–H and O–H groups in total. The van der Waals surface area contributed by atoms with E-state index in [9.17, 15) is 0 Å². The van der Waals surface area contributed by atoms with E-state index in [1.54, 1.807) is 0 Å². The Morgan fingerprint density at radius 1 is 1.22 bits per heavy atom. The number of ether oxygens (including phenoxy) is 3. The van der Waals surface area contributed by atoms with Crippen molar-refractivity contribution in [2.75, 3.05) is 26.4 Å². The van der Waals surface area contributed by atoms with Crippen LogP contribution in [0.25, 0.3) is 0 Å². The highest BCUT2D eigenvalue weighted by atomic mass is 16.7. The molecular weight excluding hydrogens is 230 g/mol. The van der Waals surface area contributed by atoms with Crippen LogP contribution >= 0.6 is 0 Å². The highest BCUT2D eigenvalue weighted by molar-refractivity contribution is 4.92.